The number of aromatic nitrogens is 1. The van der Waals surface area contributed by atoms with Gasteiger partial charge in [0.05, 0.1) is 10.2 Å². The Morgan fingerprint density at radius 3 is 2.89 bits per heavy atom. The van der Waals surface area contributed by atoms with Gasteiger partial charge in [-0.05, 0) is 34.5 Å². The lowest BCUT2D eigenvalue weighted by Crippen LogP contribution is -2.26. The van der Waals surface area contributed by atoms with Gasteiger partial charge in [0.25, 0.3) is 5.91 Å². The van der Waals surface area contributed by atoms with Crippen molar-refractivity contribution in [3.8, 4) is 0 Å². The summed E-state index contributed by atoms with van der Waals surface area (Å²) in [7, 11) is 0. The van der Waals surface area contributed by atoms with Crippen LogP contribution in [0.5, 0.6) is 0 Å². The van der Waals surface area contributed by atoms with Crippen molar-refractivity contribution in [3.63, 3.8) is 0 Å². The van der Waals surface area contributed by atoms with E-state index in [9.17, 15) is 9.18 Å². The molecule has 3 N–H and O–H groups in total. The Morgan fingerprint density at radius 1 is 1.47 bits per heavy atom. The number of nitrogens with one attached hydrogen (secondary N) is 1. The molecule has 0 bridgehead atoms. The van der Waals surface area contributed by atoms with Crippen LogP contribution in [0.3, 0.4) is 0 Å². The number of halogens is 2. The fourth-order valence-corrected chi connectivity index (χ4v) is 2.20. The van der Waals surface area contributed by atoms with Gasteiger partial charge in [-0.25, -0.2) is 9.37 Å². The molecule has 0 aliphatic rings. The van der Waals surface area contributed by atoms with Crippen LogP contribution in [0.2, 0.25) is 0 Å². The fraction of sp³-hybridized carbons (Fsp3) is 0.231. The molecule has 0 aliphatic carbocycles. The van der Waals surface area contributed by atoms with Gasteiger partial charge in [0, 0.05) is 23.5 Å². The SMILES string of the molecule is CCCNC(=O)c1ncc2c(Br)c(F)ccc2c1N. The van der Waals surface area contributed by atoms with Crippen LogP contribution >= 0.6 is 15.9 Å². The third-order valence-electron chi connectivity index (χ3n) is 2.75. The first-order chi connectivity index (χ1) is 9.06. The molecule has 1 aromatic heterocycles. The van der Waals surface area contributed by atoms with Crippen LogP contribution in [0.4, 0.5) is 10.1 Å². The maximum atomic E-state index is 13.4. The van der Waals surface area contributed by atoms with Crippen LogP contribution in [-0.4, -0.2) is 17.4 Å². The highest BCUT2D eigenvalue weighted by molar-refractivity contribution is 9.10. The summed E-state index contributed by atoms with van der Waals surface area (Å²) in [5.74, 6) is -0.710. The number of carbonyl (C=O) groups is 1. The predicted octanol–water partition coefficient (Wildman–Crippen LogP) is 2.86. The second-order valence-corrected chi connectivity index (χ2v) is 4.89. The van der Waals surface area contributed by atoms with E-state index >= 15 is 0 Å². The van der Waals surface area contributed by atoms with Gasteiger partial charge in [0.15, 0.2) is 5.69 Å². The van der Waals surface area contributed by atoms with Gasteiger partial charge in [0.1, 0.15) is 5.82 Å². The summed E-state index contributed by atoms with van der Waals surface area (Å²) in [5, 5.41) is 3.86. The summed E-state index contributed by atoms with van der Waals surface area (Å²) < 4.78 is 13.7. The molecule has 0 radical (unpaired) electrons. The fourth-order valence-electron chi connectivity index (χ4n) is 1.76. The Labute approximate surface area is 118 Å². The van der Waals surface area contributed by atoms with Crippen LogP contribution in [-0.2, 0) is 0 Å². The van der Waals surface area contributed by atoms with Gasteiger partial charge in [-0.3, -0.25) is 4.79 Å². The molecule has 6 heteroatoms. The molecule has 1 amide bonds. The quantitative estimate of drug-likeness (QED) is 0.911. The first kappa shape index (κ1) is 13.7. The molecule has 0 fully saturated rings. The third kappa shape index (κ3) is 2.53. The van der Waals surface area contributed by atoms with Gasteiger partial charge in [-0.2, -0.15) is 0 Å². The Hall–Kier alpha value is -1.69. The van der Waals surface area contributed by atoms with E-state index in [-0.39, 0.29) is 17.3 Å². The molecular formula is C13H13BrFN3O. The summed E-state index contributed by atoms with van der Waals surface area (Å²) in [6.45, 7) is 2.52. The van der Waals surface area contributed by atoms with E-state index in [4.69, 9.17) is 5.73 Å². The van der Waals surface area contributed by atoms with E-state index in [1.807, 2.05) is 6.92 Å². The normalized spacial score (nSPS) is 10.7. The second kappa shape index (κ2) is 5.52. The number of anilines is 1. The molecule has 0 unspecified atom stereocenters. The number of nitrogens with two attached hydrogens (primary N) is 1. The van der Waals surface area contributed by atoms with Crippen LogP contribution in [0.1, 0.15) is 23.8 Å². The Morgan fingerprint density at radius 2 is 2.21 bits per heavy atom. The second-order valence-electron chi connectivity index (χ2n) is 4.10. The minimum absolute atomic E-state index is 0.166. The Bertz CT molecular complexity index is 645. The zero-order valence-corrected chi connectivity index (χ0v) is 11.9. The minimum atomic E-state index is -0.392. The van der Waals surface area contributed by atoms with Crippen LogP contribution in [0.25, 0.3) is 10.8 Å². The number of pyridine rings is 1. The van der Waals surface area contributed by atoms with Crippen LogP contribution < -0.4 is 11.1 Å². The molecule has 0 saturated heterocycles. The van der Waals surface area contributed by atoms with E-state index in [1.54, 1.807) is 6.07 Å². The molecule has 0 atom stereocenters. The number of hydrogen-bond acceptors (Lipinski definition) is 3. The van der Waals surface area contributed by atoms with Crippen molar-refractivity contribution in [1.29, 1.82) is 0 Å². The van der Waals surface area contributed by atoms with Crippen molar-refractivity contribution < 1.29 is 9.18 Å². The van der Waals surface area contributed by atoms with Gasteiger partial charge < -0.3 is 11.1 Å². The van der Waals surface area contributed by atoms with Crippen LogP contribution in [0, 0.1) is 5.82 Å². The first-order valence-corrected chi connectivity index (χ1v) is 6.66. The Kier molecular flexibility index (Phi) is 3.99. The van der Waals surface area contributed by atoms with Crippen molar-refractivity contribution in [2.45, 2.75) is 13.3 Å². The minimum Gasteiger partial charge on any atom is -0.396 e. The topological polar surface area (TPSA) is 68.0 Å². The van der Waals surface area contributed by atoms with E-state index in [2.05, 4.69) is 26.2 Å². The molecule has 4 nitrogen and oxygen atoms in total. The molecule has 2 aromatic rings. The summed E-state index contributed by atoms with van der Waals surface area (Å²) in [6.07, 6.45) is 2.27. The molecule has 0 spiro atoms. The highest BCUT2D eigenvalue weighted by Gasteiger charge is 2.15. The molecule has 0 saturated carbocycles. The standard InChI is InChI=1S/C13H13BrFN3O/c1-2-5-17-13(19)12-11(16)7-3-4-9(15)10(14)8(7)6-18-12/h3-4,6H,2,5,16H2,1H3,(H,17,19). The van der Waals surface area contributed by atoms with Crippen molar-refractivity contribution in [2.24, 2.45) is 0 Å². The predicted molar refractivity (Wildman–Crippen MR) is 76.4 cm³/mol. The number of nitrogens with zero attached hydrogens (tertiary/aromatic N) is 1. The largest absolute Gasteiger partial charge is 0.396 e. The number of fused-ring (bicyclic) bond motifs is 1. The molecule has 100 valence electrons. The lowest BCUT2D eigenvalue weighted by Gasteiger charge is -2.09. The van der Waals surface area contributed by atoms with Crippen molar-refractivity contribution in [3.05, 3.63) is 34.3 Å². The molecule has 19 heavy (non-hydrogen) atoms. The highest BCUT2D eigenvalue weighted by Crippen LogP contribution is 2.30. The van der Waals surface area contributed by atoms with E-state index in [0.717, 1.165) is 6.42 Å². The van der Waals surface area contributed by atoms with Crippen LogP contribution in [0.15, 0.2) is 22.8 Å². The highest BCUT2D eigenvalue weighted by atomic mass is 79.9. The average molecular weight is 326 g/mol. The van der Waals surface area contributed by atoms with Gasteiger partial charge in [-0.1, -0.05) is 6.92 Å². The van der Waals surface area contributed by atoms with Crippen molar-refractivity contribution in [1.82, 2.24) is 10.3 Å². The molecule has 1 heterocycles. The van der Waals surface area contributed by atoms with Crippen molar-refractivity contribution in [2.75, 3.05) is 12.3 Å². The van der Waals surface area contributed by atoms with Gasteiger partial charge in [-0.15, -0.1) is 0 Å². The molecule has 1 aromatic carbocycles. The summed E-state index contributed by atoms with van der Waals surface area (Å²) in [4.78, 5) is 15.9. The number of nitrogen functional groups attached to an aromatic ring is 1. The number of amides is 1. The average Bonchev–Trinajstić information content (AvgIpc) is 2.41. The maximum Gasteiger partial charge on any atom is 0.272 e. The summed E-state index contributed by atoms with van der Waals surface area (Å²) in [6, 6.07) is 2.85. The number of benzene rings is 1. The zero-order chi connectivity index (χ0) is 14.0. The van der Waals surface area contributed by atoms with Gasteiger partial charge in [0.2, 0.25) is 0 Å². The smallest absolute Gasteiger partial charge is 0.272 e. The summed E-state index contributed by atoms with van der Waals surface area (Å²) >= 11 is 3.15. The summed E-state index contributed by atoms with van der Waals surface area (Å²) in [5.41, 5.74) is 6.37. The first-order valence-electron chi connectivity index (χ1n) is 5.86. The van der Waals surface area contributed by atoms with E-state index < -0.39 is 5.82 Å². The lowest BCUT2D eigenvalue weighted by molar-refractivity contribution is 0.0950. The molecule has 0 aliphatic heterocycles. The Balaban J connectivity index is 2.52. The molecular weight excluding hydrogens is 313 g/mol. The monoisotopic (exact) mass is 325 g/mol. The molecule has 2 rings (SSSR count). The maximum absolute atomic E-state index is 13.4. The van der Waals surface area contributed by atoms with Gasteiger partial charge >= 0.3 is 0 Å². The van der Waals surface area contributed by atoms with Crippen molar-refractivity contribution >= 4 is 38.3 Å². The zero-order valence-electron chi connectivity index (χ0n) is 10.3. The van der Waals surface area contributed by atoms with E-state index in [0.29, 0.717) is 21.8 Å². The third-order valence-corrected chi connectivity index (χ3v) is 3.56. The van der Waals surface area contributed by atoms with E-state index in [1.165, 1.54) is 12.3 Å². The lowest BCUT2D eigenvalue weighted by atomic mass is 10.1. The number of rotatable bonds is 3. The number of carbonyl (C=O) groups excluding carboxylic acids is 1. The number of hydrogen-bond donors (Lipinski definition) is 2.